The van der Waals surface area contributed by atoms with Gasteiger partial charge in [-0.15, -0.1) is 16.8 Å². The van der Waals surface area contributed by atoms with Crippen LogP contribution in [-0.2, 0) is 11.3 Å². The zero-order chi connectivity index (χ0) is 24.0. The largest absolute Gasteiger partial charge is 0.342 e. The number of nitrogens with one attached hydrogen (secondary N) is 2. The lowest BCUT2D eigenvalue weighted by molar-refractivity contribution is -0.113. The topological polar surface area (TPSA) is 88.9 Å². The predicted octanol–water partition coefficient (Wildman–Crippen LogP) is 5.65. The Morgan fingerprint density at radius 3 is 2.61 bits per heavy atom. The highest BCUT2D eigenvalue weighted by molar-refractivity contribution is 7.99. The van der Waals surface area contributed by atoms with Gasteiger partial charge in [-0.1, -0.05) is 64.8 Å². The summed E-state index contributed by atoms with van der Waals surface area (Å²) < 4.78 is 1.79. The lowest BCUT2D eigenvalue weighted by Gasteiger charge is -2.16. The van der Waals surface area contributed by atoms with Crippen molar-refractivity contribution in [3.05, 3.63) is 81.6 Å². The fraction of sp³-hybridized carbons (Fsp3) is 0.182. The van der Waals surface area contributed by atoms with Crippen molar-refractivity contribution in [2.24, 2.45) is 0 Å². The Bertz CT molecular complexity index is 1180. The standard InChI is InChI=1S/C22H20Cl3N5O2S/c1-3-10-30-20(13(2)26-21(32)15-9-8-14(23)11-17(15)25)28-29-22(30)33-12-19(31)27-18-7-5-4-6-16(18)24/h3-9,11,13H,1,10,12H2,2H3,(H,26,32)(H,27,31)/t13-/m1/s1. The maximum Gasteiger partial charge on any atom is 0.253 e. The SMILES string of the molecule is C=CCn1c(SCC(=O)Nc2ccccc2Cl)nnc1[C@@H](C)NC(=O)c1ccc(Cl)cc1Cl. The highest BCUT2D eigenvalue weighted by Gasteiger charge is 2.21. The fourth-order valence-electron chi connectivity index (χ4n) is 2.92. The van der Waals surface area contributed by atoms with E-state index in [1.54, 1.807) is 54.0 Å². The molecule has 1 aromatic heterocycles. The summed E-state index contributed by atoms with van der Waals surface area (Å²) in [5.41, 5.74) is 0.837. The number of thioether (sulfide) groups is 1. The quantitative estimate of drug-likeness (QED) is 0.279. The van der Waals surface area contributed by atoms with Crippen molar-refractivity contribution >= 4 is 64.1 Å². The van der Waals surface area contributed by atoms with Crippen LogP contribution in [0.25, 0.3) is 0 Å². The van der Waals surface area contributed by atoms with Gasteiger partial charge in [0.05, 0.1) is 33.1 Å². The molecule has 1 atom stereocenters. The summed E-state index contributed by atoms with van der Waals surface area (Å²) in [4.78, 5) is 25.0. The number of anilines is 1. The Kier molecular flexibility index (Phi) is 8.80. The summed E-state index contributed by atoms with van der Waals surface area (Å²) in [6.45, 7) is 5.95. The number of amides is 2. The van der Waals surface area contributed by atoms with Crippen molar-refractivity contribution < 1.29 is 9.59 Å². The number of allylic oxidation sites excluding steroid dienone is 1. The van der Waals surface area contributed by atoms with Crippen molar-refractivity contribution in [1.82, 2.24) is 20.1 Å². The van der Waals surface area contributed by atoms with E-state index in [2.05, 4.69) is 27.4 Å². The van der Waals surface area contributed by atoms with Gasteiger partial charge < -0.3 is 15.2 Å². The van der Waals surface area contributed by atoms with E-state index in [1.165, 1.54) is 17.8 Å². The maximum absolute atomic E-state index is 12.7. The fourth-order valence-corrected chi connectivity index (χ4v) is 4.35. The molecule has 0 radical (unpaired) electrons. The highest BCUT2D eigenvalue weighted by Crippen LogP contribution is 2.25. The molecule has 2 aromatic carbocycles. The zero-order valence-electron chi connectivity index (χ0n) is 17.5. The molecular formula is C22H20Cl3N5O2S. The Morgan fingerprint density at radius 1 is 1.15 bits per heavy atom. The summed E-state index contributed by atoms with van der Waals surface area (Å²) in [5, 5.41) is 15.7. The van der Waals surface area contributed by atoms with E-state index in [9.17, 15) is 9.59 Å². The number of carbonyl (C=O) groups excluding carboxylic acids is 2. The minimum Gasteiger partial charge on any atom is -0.342 e. The lowest BCUT2D eigenvalue weighted by atomic mass is 10.2. The summed E-state index contributed by atoms with van der Waals surface area (Å²) >= 11 is 19.3. The van der Waals surface area contributed by atoms with E-state index in [0.29, 0.717) is 38.8 Å². The third-order valence-corrected chi connectivity index (χ3v) is 6.29. The van der Waals surface area contributed by atoms with Crippen molar-refractivity contribution in [1.29, 1.82) is 0 Å². The molecule has 0 fully saturated rings. The number of carbonyl (C=O) groups is 2. The average Bonchev–Trinajstić information content (AvgIpc) is 3.17. The molecule has 7 nitrogen and oxygen atoms in total. The molecule has 3 aromatic rings. The minimum absolute atomic E-state index is 0.0988. The van der Waals surface area contributed by atoms with E-state index in [1.807, 2.05) is 0 Å². The predicted molar refractivity (Wildman–Crippen MR) is 133 cm³/mol. The second-order valence-electron chi connectivity index (χ2n) is 6.88. The van der Waals surface area contributed by atoms with Gasteiger partial charge in [-0.05, 0) is 37.3 Å². The number of para-hydroxylation sites is 1. The summed E-state index contributed by atoms with van der Waals surface area (Å²) in [7, 11) is 0. The van der Waals surface area contributed by atoms with Gasteiger partial charge in [0, 0.05) is 11.6 Å². The second-order valence-corrected chi connectivity index (χ2v) is 9.07. The van der Waals surface area contributed by atoms with Gasteiger partial charge in [0.25, 0.3) is 5.91 Å². The first kappa shape index (κ1) is 25.1. The molecule has 33 heavy (non-hydrogen) atoms. The van der Waals surface area contributed by atoms with Crippen LogP contribution in [0.4, 0.5) is 5.69 Å². The molecule has 0 unspecified atom stereocenters. The van der Waals surface area contributed by atoms with E-state index >= 15 is 0 Å². The second kappa shape index (κ2) is 11.6. The van der Waals surface area contributed by atoms with E-state index in [0.717, 1.165) is 0 Å². The van der Waals surface area contributed by atoms with Gasteiger partial charge in [0.1, 0.15) is 0 Å². The summed E-state index contributed by atoms with van der Waals surface area (Å²) in [6.07, 6.45) is 1.69. The molecule has 0 spiro atoms. The maximum atomic E-state index is 12.7. The molecule has 3 rings (SSSR count). The first-order valence-corrected chi connectivity index (χ1v) is 11.9. The van der Waals surface area contributed by atoms with Gasteiger partial charge in [-0.2, -0.15) is 0 Å². The smallest absolute Gasteiger partial charge is 0.253 e. The number of hydrogen-bond acceptors (Lipinski definition) is 5. The van der Waals surface area contributed by atoms with Gasteiger partial charge in [0.15, 0.2) is 11.0 Å². The number of aromatic nitrogens is 3. The Labute approximate surface area is 210 Å². The Morgan fingerprint density at radius 2 is 1.91 bits per heavy atom. The van der Waals surface area contributed by atoms with Gasteiger partial charge in [-0.3, -0.25) is 9.59 Å². The molecule has 2 N–H and O–H groups in total. The van der Waals surface area contributed by atoms with Crippen LogP contribution in [0.15, 0.2) is 60.3 Å². The molecule has 0 saturated carbocycles. The van der Waals surface area contributed by atoms with Crippen LogP contribution in [0.5, 0.6) is 0 Å². The van der Waals surface area contributed by atoms with Crippen LogP contribution in [0.1, 0.15) is 29.1 Å². The summed E-state index contributed by atoms with van der Waals surface area (Å²) in [6, 6.07) is 11.2. The summed E-state index contributed by atoms with van der Waals surface area (Å²) in [5.74, 6) is 0.0104. The molecule has 0 aliphatic heterocycles. The van der Waals surface area contributed by atoms with Crippen LogP contribution in [0.3, 0.4) is 0 Å². The molecule has 2 amide bonds. The van der Waals surface area contributed by atoms with Crippen LogP contribution in [0, 0.1) is 0 Å². The van der Waals surface area contributed by atoms with Crippen molar-refractivity contribution in [3.8, 4) is 0 Å². The molecule has 0 aliphatic carbocycles. The van der Waals surface area contributed by atoms with E-state index in [4.69, 9.17) is 34.8 Å². The zero-order valence-corrected chi connectivity index (χ0v) is 20.6. The van der Waals surface area contributed by atoms with E-state index < -0.39 is 6.04 Å². The number of halogens is 3. The first-order chi connectivity index (χ1) is 15.8. The first-order valence-electron chi connectivity index (χ1n) is 9.77. The number of nitrogens with zero attached hydrogens (tertiary/aromatic N) is 3. The number of benzene rings is 2. The minimum atomic E-state index is -0.483. The number of hydrogen-bond donors (Lipinski definition) is 2. The van der Waals surface area contributed by atoms with Crippen molar-refractivity contribution in [3.63, 3.8) is 0 Å². The van der Waals surface area contributed by atoms with Crippen LogP contribution < -0.4 is 10.6 Å². The third-order valence-electron chi connectivity index (χ3n) is 4.45. The van der Waals surface area contributed by atoms with Crippen LogP contribution in [-0.4, -0.2) is 32.3 Å². The monoisotopic (exact) mass is 523 g/mol. The van der Waals surface area contributed by atoms with Gasteiger partial charge >= 0.3 is 0 Å². The Balaban J connectivity index is 1.69. The van der Waals surface area contributed by atoms with Gasteiger partial charge in [0.2, 0.25) is 5.91 Å². The third kappa shape index (κ3) is 6.51. The van der Waals surface area contributed by atoms with Crippen molar-refractivity contribution in [2.45, 2.75) is 24.7 Å². The molecule has 11 heteroatoms. The number of rotatable bonds is 9. The molecular weight excluding hydrogens is 505 g/mol. The molecule has 0 bridgehead atoms. The van der Waals surface area contributed by atoms with Crippen LogP contribution >= 0.6 is 46.6 Å². The average molecular weight is 525 g/mol. The molecule has 1 heterocycles. The molecule has 172 valence electrons. The van der Waals surface area contributed by atoms with Crippen molar-refractivity contribution in [2.75, 3.05) is 11.1 Å². The molecule has 0 aliphatic rings. The van der Waals surface area contributed by atoms with E-state index in [-0.39, 0.29) is 22.6 Å². The highest BCUT2D eigenvalue weighted by atomic mass is 35.5. The van der Waals surface area contributed by atoms with Crippen LogP contribution in [0.2, 0.25) is 15.1 Å². The normalized spacial score (nSPS) is 11.6. The van der Waals surface area contributed by atoms with Gasteiger partial charge in [-0.25, -0.2) is 0 Å². The molecule has 0 saturated heterocycles. The lowest BCUT2D eigenvalue weighted by Crippen LogP contribution is -2.29. The Hall–Kier alpha value is -2.52.